The van der Waals surface area contributed by atoms with Crippen LogP contribution in [0.5, 0.6) is 0 Å². The molecule has 27 heavy (non-hydrogen) atoms. The number of carbonyl (C=O) groups excluding carboxylic acids is 2. The summed E-state index contributed by atoms with van der Waals surface area (Å²) in [6, 6.07) is 3.34. The Kier molecular flexibility index (Phi) is 4.21. The molecule has 0 bridgehead atoms. The number of aldehydes is 1. The summed E-state index contributed by atoms with van der Waals surface area (Å²) in [6.45, 7) is 0. The van der Waals surface area contributed by atoms with Crippen LogP contribution in [0.3, 0.4) is 0 Å². The molecular formula is C15H9N5O7. The fraction of sp³-hybridized carbons (Fsp3) is 0. The van der Waals surface area contributed by atoms with Crippen molar-refractivity contribution in [1.82, 2.24) is 4.57 Å². The Morgan fingerprint density at radius 3 is 2.44 bits per heavy atom. The van der Waals surface area contributed by atoms with Gasteiger partial charge in [0.15, 0.2) is 6.29 Å². The van der Waals surface area contributed by atoms with E-state index in [1.165, 1.54) is 12.3 Å². The number of nitrogens with one attached hydrogen (secondary N) is 2. The number of anilines is 2. The van der Waals surface area contributed by atoms with Gasteiger partial charge in [-0.25, -0.2) is 0 Å². The van der Waals surface area contributed by atoms with Crippen LogP contribution in [-0.4, -0.2) is 26.5 Å². The Hall–Kier alpha value is -4.35. The highest BCUT2D eigenvalue weighted by molar-refractivity contribution is 6.34. The molecule has 0 radical (unpaired) electrons. The Balaban J connectivity index is 2.15. The van der Waals surface area contributed by atoms with Crippen LogP contribution in [-0.2, 0) is 9.59 Å². The van der Waals surface area contributed by atoms with E-state index >= 15 is 0 Å². The third-order valence-corrected chi connectivity index (χ3v) is 3.70. The number of carbonyl (C=O) groups is 2. The zero-order valence-electron chi connectivity index (χ0n) is 13.2. The second-order valence-electron chi connectivity index (χ2n) is 5.31. The number of allylic oxidation sites excluding steroid dienone is 1. The molecule has 3 rings (SSSR count). The maximum absolute atomic E-state index is 11.5. The van der Waals surface area contributed by atoms with E-state index < -0.39 is 32.4 Å². The lowest BCUT2D eigenvalue weighted by molar-refractivity contribution is -0.386. The smallest absolute Gasteiger partial charge is 0.332 e. The fourth-order valence-corrected chi connectivity index (χ4v) is 2.44. The first kappa shape index (κ1) is 17.5. The van der Waals surface area contributed by atoms with E-state index in [-0.39, 0.29) is 23.4 Å². The molecular weight excluding hydrogens is 362 g/mol. The van der Waals surface area contributed by atoms with E-state index in [4.69, 9.17) is 0 Å². The summed E-state index contributed by atoms with van der Waals surface area (Å²) in [5, 5.41) is 27.7. The molecule has 2 heterocycles. The first-order chi connectivity index (χ1) is 12.8. The van der Waals surface area contributed by atoms with Gasteiger partial charge in [0.05, 0.1) is 27.4 Å². The molecule has 12 nitrogen and oxygen atoms in total. The van der Waals surface area contributed by atoms with Gasteiger partial charge in [0.2, 0.25) is 5.78 Å². The molecule has 1 aliphatic heterocycles. The average Bonchev–Trinajstić information content (AvgIpc) is 2.65. The van der Waals surface area contributed by atoms with Crippen molar-refractivity contribution >= 4 is 34.8 Å². The lowest BCUT2D eigenvalue weighted by Crippen LogP contribution is -2.19. The van der Waals surface area contributed by atoms with Crippen LogP contribution in [0.1, 0.15) is 0 Å². The zero-order valence-corrected chi connectivity index (χ0v) is 13.2. The van der Waals surface area contributed by atoms with Gasteiger partial charge >= 0.3 is 5.69 Å². The van der Waals surface area contributed by atoms with Crippen molar-refractivity contribution < 1.29 is 19.4 Å². The second-order valence-corrected chi connectivity index (χ2v) is 5.31. The van der Waals surface area contributed by atoms with Gasteiger partial charge in [-0.15, -0.1) is 0 Å². The summed E-state index contributed by atoms with van der Waals surface area (Å²) >= 11 is 0. The van der Waals surface area contributed by atoms with Gasteiger partial charge in [0, 0.05) is 24.5 Å². The van der Waals surface area contributed by atoms with Crippen LogP contribution in [0, 0.1) is 20.2 Å². The summed E-state index contributed by atoms with van der Waals surface area (Å²) in [5.74, 6) is -0.851. The number of nitrogens with zero attached hydrogens (tertiary/aromatic N) is 3. The number of benzene rings is 1. The molecule has 1 aromatic heterocycles. The highest BCUT2D eigenvalue weighted by Crippen LogP contribution is 2.36. The average molecular weight is 371 g/mol. The van der Waals surface area contributed by atoms with Gasteiger partial charge in [0.1, 0.15) is 11.4 Å². The Morgan fingerprint density at radius 1 is 1.11 bits per heavy atom. The zero-order chi connectivity index (χ0) is 19.7. The number of ketones is 1. The minimum Gasteiger partial charge on any atom is -0.358 e. The van der Waals surface area contributed by atoms with Crippen LogP contribution >= 0.6 is 0 Å². The SMILES string of the molecule is O=CC(=O)C1=CNc2cc(-n3ccc(=O)c([N+](=O)[O-])c3)c([N+](=O)[O-])cc2N1. The number of Topliss-reactive ketones (excluding diaryl/α,β-unsaturated/α-hetero) is 1. The maximum atomic E-state index is 11.5. The number of aromatic nitrogens is 1. The first-order valence-electron chi connectivity index (χ1n) is 7.24. The Morgan fingerprint density at radius 2 is 1.81 bits per heavy atom. The molecule has 12 heteroatoms. The van der Waals surface area contributed by atoms with Crippen molar-refractivity contribution in [3.63, 3.8) is 0 Å². The third-order valence-electron chi connectivity index (χ3n) is 3.70. The monoisotopic (exact) mass is 371 g/mol. The minimum absolute atomic E-state index is 0.0466. The highest BCUT2D eigenvalue weighted by Gasteiger charge is 2.24. The van der Waals surface area contributed by atoms with Gasteiger partial charge in [-0.2, -0.15) is 0 Å². The summed E-state index contributed by atoms with van der Waals surface area (Å²) in [7, 11) is 0. The molecule has 0 aliphatic carbocycles. The van der Waals surface area contributed by atoms with Crippen LogP contribution in [0.4, 0.5) is 22.7 Å². The number of nitro groups is 2. The van der Waals surface area contributed by atoms with Crippen molar-refractivity contribution in [2.45, 2.75) is 0 Å². The molecule has 1 aliphatic rings. The third kappa shape index (κ3) is 3.13. The van der Waals surface area contributed by atoms with Crippen LogP contribution in [0.25, 0.3) is 5.69 Å². The van der Waals surface area contributed by atoms with Crippen molar-refractivity contribution in [2.24, 2.45) is 0 Å². The summed E-state index contributed by atoms with van der Waals surface area (Å²) in [5.41, 5.74) is -1.69. The predicted molar refractivity (Wildman–Crippen MR) is 91.7 cm³/mol. The predicted octanol–water partition coefficient (Wildman–Crippen LogP) is 1.10. The lowest BCUT2D eigenvalue weighted by atomic mass is 10.1. The molecule has 0 saturated carbocycles. The van der Waals surface area contributed by atoms with Crippen molar-refractivity contribution in [3.8, 4) is 5.69 Å². The molecule has 0 unspecified atom stereocenters. The van der Waals surface area contributed by atoms with Gasteiger partial charge in [-0.1, -0.05) is 0 Å². The molecule has 0 atom stereocenters. The number of nitro benzene ring substituents is 1. The minimum atomic E-state index is -0.886. The van der Waals surface area contributed by atoms with Crippen LogP contribution in [0.2, 0.25) is 0 Å². The first-order valence-corrected chi connectivity index (χ1v) is 7.24. The number of rotatable bonds is 5. The molecule has 2 N–H and O–H groups in total. The topological polar surface area (TPSA) is 166 Å². The van der Waals surface area contributed by atoms with Gasteiger partial charge < -0.3 is 15.2 Å². The van der Waals surface area contributed by atoms with E-state index in [2.05, 4.69) is 10.6 Å². The lowest BCUT2D eigenvalue weighted by Gasteiger charge is -2.20. The Bertz CT molecular complexity index is 1100. The van der Waals surface area contributed by atoms with E-state index in [1.807, 2.05) is 0 Å². The maximum Gasteiger partial charge on any atom is 0.332 e. The number of fused-ring (bicyclic) bond motifs is 1. The van der Waals surface area contributed by atoms with Gasteiger partial charge in [-0.05, 0) is 6.07 Å². The van der Waals surface area contributed by atoms with Gasteiger partial charge in [0.25, 0.3) is 11.1 Å². The summed E-state index contributed by atoms with van der Waals surface area (Å²) in [4.78, 5) is 54.4. The molecule has 0 saturated heterocycles. The number of hydrogen-bond acceptors (Lipinski definition) is 9. The van der Waals surface area contributed by atoms with Crippen molar-refractivity contribution in [1.29, 1.82) is 0 Å². The van der Waals surface area contributed by atoms with Crippen molar-refractivity contribution in [2.75, 3.05) is 10.6 Å². The standard InChI is InChI=1S/C15H9N5O7/c21-7-15(23)10-5-16-8-3-11(12(19(24)25)4-9(8)17-10)18-2-1-14(22)13(6-18)20(26)27/h1-7,16-17H. The molecule has 0 amide bonds. The van der Waals surface area contributed by atoms with Crippen LogP contribution < -0.4 is 16.1 Å². The molecule has 0 fully saturated rings. The molecule has 136 valence electrons. The fourth-order valence-electron chi connectivity index (χ4n) is 2.44. The molecule has 2 aromatic rings. The largest absolute Gasteiger partial charge is 0.358 e. The molecule has 0 spiro atoms. The normalized spacial score (nSPS) is 12.1. The quantitative estimate of drug-likeness (QED) is 0.338. The van der Waals surface area contributed by atoms with E-state index in [0.717, 1.165) is 29.1 Å². The number of hydrogen-bond donors (Lipinski definition) is 2. The van der Waals surface area contributed by atoms with Crippen LogP contribution in [0.15, 0.2) is 47.3 Å². The van der Waals surface area contributed by atoms with E-state index in [1.54, 1.807) is 0 Å². The summed E-state index contributed by atoms with van der Waals surface area (Å²) < 4.78 is 1.08. The number of pyridine rings is 1. The summed E-state index contributed by atoms with van der Waals surface area (Å²) in [6.07, 6.45) is 3.35. The molecule has 1 aromatic carbocycles. The van der Waals surface area contributed by atoms with Crippen molar-refractivity contribution in [3.05, 3.63) is 72.9 Å². The second kappa shape index (κ2) is 6.51. The Labute approximate surface area is 149 Å². The van der Waals surface area contributed by atoms with E-state index in [9.17, 15) is 34.6 Å². The van der Waals surface area contributed by atoms with E-state index in [0.29, 0.717) is 5.69 Å². The van der Waals surface area contributed by atoms with Gasteiger partial charge in [-0.3, -0.25) is 34.6 Å². The highest BCUT2D eigenvalue weighted by atomic mass is 16.6.